The van der Waals surface area contributed by atoms with E-state index in [1.165, 1.54) is 21.0 Å². The van der Waals surface area contributed by atoms with E-state index in [4.69, 9.17) is 9.47 Å². The molecule has 0 fully saturated rings. The molecule has 1 atom stereocenters. The fraction of sp³-hybridized carbons (Fsp3) is 0.545. The summed E-state index contributed by atoms with van der Waals surface area (Å²) in [5.41, 5.74) is 0.320. The Morgan fingerprint density at radius 2 is 1.76 bits per heavy atom. The molecule has 0 bridgehead atoms. The molecule has 0 saturated carbocycles. The molecule has 0 aromatic rings. The van der Waals surface area contributed by atoms with Crippen LogP contribution in [0.25, 0.3) is 0 Å². The van der Waals surface area contributed by atoms with Gasteiger partial charge in [-0.15, -0.1) is 0 Å². The third-order valence-corrected chi connectivity index (χ3v) is 1.80. The Bertz CT molecular complexity index is 320. The van der Waals surface area contributed by atoms with Crippen molar-refractivity contribution >= 4 is 17.9 Å². The third kappa shape index (κ3) is 7.10. The molecule has 96 valence electrons. The van der Waals surface area contributed by atoms with Gasteiger partial charge in [-0.2, -0.15) is 0 Å². The number of ether oxygens (including phenoxy) is 3. The molecule has 0 N–H and O–H groups in total. The quantitative estimate of drug-likeness (QED) is 0.387. The Morgan fingerprint density at radius 3 is 2.18 bits per heavy atom. The topological polar surface area (TPSA) is 78.9 Å². The van der Waals surface area contributed by atoms with Gasteiger partial charge < -0.3 is 14.2 Å². The van der Waals surface area contributed by atoms with E-state index < -0.39 is 24.0 Å². The second kappa shape index (κ2) is 7.43. The first-order valence-electron chi connectivity index (χ1n) is 4.91. The first-order valence-corrected chi connectivity index (χ1v) is 4.91. The lowest BCUT2D eigenvalue weighted by atomic mass is 10.1. The summed E-state index contributed by atoms with van der Waals surface area (Å²) in [5.74, 6) is -1.58. The largest absolute Gasteiger partial charge is 0.469 e. The third-order valence-electron chi connectivity index (χ3n) is 1.80. The summed E-state index contributed by atoms with van der Waals surface area (Å²) in [4.78, 5) is 32.5. The monoisotopic (exact) mass is 244 g/mol. The highest BCUT2D eigenvalue weighted by atomic mass is 16.6. The molecule has 6 nitrogen and oxygen atoms in total. The molecular weight excluding hydrogens is 228 g/mol. The van der Waals surface area contributed by atoms with Gasteiger partial charge in [-0.25, -0.2) is 0 Å². The molecule has 0 amide bonds. The van der Waals surface area contributed by atoms with Crippen LogP contribution in [0.1, 0.15) is 20.3 Å². The van der Waals surface area contributed by atoms with E-state index in [-0.39, 0.29) is 13.0 Å². The maximum Gasteiger partial charge on any atom is 0.309 e. The molecule has 0 heterocycles. The average molecular weight is 244 g/mol. The second-order valence-corrected chi connectivity index (χ2v) is 3.32. The van der Waals surface area contributed by atoms with Gasteiger partial charge in [-0.3, -0.25) is 14.4 Å². The summed E-state index contributed by atoms with van der Waals surface area (Å²) < 4.78 is 14.0. The summed E-state index contributed by atoms with van der Waals surface area (Å²) >= 11 is 0. The SMILES string of the molecule is C=C(COC(C)=O)C(CC(=O)OC)OC(C)=O. The lowest BCUT2D eigenvalue weighted by Gasteiger charge is -2.18. The molecule has 0 aliphatic rings. The fourth-order valence-corrected chi connectivity index (χ4v) is 0.992. The van der Waals surface area contributed by atoms with Gasteiger partial charge in [0.05, 0.1) is 13.5 Å². The van der Waals surface area contributed by atoms with Crippen molar-refractivity contribution in [2.75, 3.05) is 13.7 Å². The van der Waals surface area contributed by atoms with Crippen LogP contribution in [0.5, 0.6) is 0 Å². The molecule has 0 rings (SSSR count). The van der Waals surface area contributed by atoms with Crippen LogP contribution < -0.4 is 0 Å². The van der Waals surface area contributed by atoms with Crippen LogP contribution >= 0.6 is 0 Å². The van der Waals surface area contributed by atoms with Gasteiger partial charge >= 0.3 is 17.9 Å². The molecule has 0 aromatic carbocycles. The van der Waals surface area contributed by atoms with Gasteiger partial charge in [0, 0.05) is 19.4 Å². The Hall–Kier alpha value is -1.85. The molecule has 0 aliphatic carbocycles. The van der Waals surface area contributed by atoms with Crippen molar-refractivity contribution < 1.29 is 28.6 Å². The smallest absolute Gasteiger partial charge is 0.309 e. The molecule has 0 aromatic heterocycles. The van der Waals surface area contributed by atoms with Crippen LogP contribution in [0.15, 0.2) is 12.2 Å². The predicted molar refractivity (Wildman–Crippen MR) is 58.0 cm³/mol. The van der Waals surface area contributed by atoms with E-state index in [1.807, 2.05) is 0 Å². The zero-order chi connectivity index (χ0) is 13.4. The molecule has 6 heteroatoms. The van der Waals surface area contributed by atoms with Crippen molar-refractivity contribution in [1.29, 1.82) is 0 Å². The second-order valence-electron chi connectivity index (χ2n) is 3.32. The van der Waals surface area contributed by atoms with Crippen molar-refractivity contribution in [2.45, 2.75) is 26.4 Å². The molecule has 0 spiro atoms. The van der Waals surface area contributed by atoms with Crippen molar-refractivity contribution in [3.63, 3.8) is 0 Å². The van der Waals surface area contributed by atoms with E-state index in [0.29, 0.717) is 5.57 Å². The number of carbonyl (C=O) groups excluding carboxylic acids is 3. The van der Waals surface area contributed by atoms with Gasteiger partial charge in [-0.05, 0) is 0 Å². The van der Waals surface area contributed by atoms with Gasteiger partial charge in [0.1, 0.15) is 12.7 Å². The number of carbonyl (C=O) groups is 3. The molecule has 0 aliphatic heterocycles. The van der Waals surface area contributed by atoms with Crippen molar-refractivity contribution in [3.8, 4) is 0 Å². The van der Waals surface area contributed by atoms with Crippen LogP contribution in [0.4, 0.5) is 0 Å². The minimum atomic E-state index is -0.848. The van der Waals surface area contributed by atoms with E-state index >= 15 is 0 Å². The summed E-state index contributed by atoms with van der Waals surface area (Å²) in [6.07, 6.45) is -1.00. The van der Waals surface area contributed by atoms with Gasteiger partial charge in [0.25, 0.3) is 0 Å². The molecular formula is C11H16O6. The van der Waals surface area contributed by atoms with Gasteiger partial charge in [0.2, 0.25) is 0 Å². The molecule has 17 heavy (non-hydrogen) atoms. The lowest BCUT2D eigenvalue weighted by Crippen LogP contribution is -2.25. The molecule has 1 unspecified atom stereocenters. The van der Waals surface area contributed by atoms with Crippen LogP contribution in [0, 0.1) is 0 Å². The van der Waals surface area contributed by atoms with Crippen LogP contribution in [-0.2, 0) is 28.6 Å². The Balaban J connectivity index is 4.44. The van der Waals surface area contributed by atoms with Gasteiger partial charge in [-0.1, -0.05) is 6.58 Å². The summed E-state index contributed by atoms with van der Waals surface area (Å²) in [6, 6.07) is 0. The highest BCUT2D eigenvalue weighted by Crippen LogP contribution is 2.11. The Morgan fingerprint density at radius 1 is 1.18 bits per heavy atom. The standard InChI is InChI=1S/C11H16O6/c1-7(6-16-8(2)12)10(17-9(3)13)5-11(14)15-4/h10H,1,5-6H2,2-4H3. The number of hydrogen-bond acceptors (Lipinski definition) is 6. The highest BCUT2D eigenvalue weighted by Gasteiger charge is 2.21. The van der Waals surface area contributed by atoms with E-state index in [0.717, 1.165) is 0 Å². The van der Waals surface area contributed by atoms with Crippen molar-refractivity contribution in [2.24, 2.45) is 0 Å². The molecule has 0 radical (unpaired) electrons. The maximum absolute atomic E-state index is 11.1. The summed E-state index contributed by atoms with van der Waals surface area (Å²) in [5, 5.41) is 0. The highest BCUT2D eigenvalue weighted by molar-refractivity contribution is 5.72. The van der Waals surface area contributed by atoms with E-state index in [1.54, 1.807) is 0 Å². The van der Waals surface area contributed by atoms with E-state index in [2.05, 4.69) is 11.3 Å². The van der Waals surface area contributed by atoms with Crippen LogP contribution in [0.3, 0.4) is 0 Å². The van der Waals surface area contributed by atoms with Crippen molar-refractivity contribution in [1.82, 2.24) is 0 Å². The van der Waals surface area contributed by atoms with Gasteiger partial charge in [0.15, 0.2) is 0 Å². The zero-order valence-corrected chi connectivity index (χ0v) is 10.1. The average Bonchev–Trinajstić information content (AvgIpc) is 2.23. The zero-order valence-electron chi connectivity index (χ0n) is 10.1. The minimum Gasteiger partial charge on any atom is -0.469 e. The first-order chi connectivity index (χ1) is 7.86. The minimum absolute atomic E-state index is 0.107. The number of methoxy groups -OCH3 is 1. The number of hydrogen-bond donors (Lipinski definition) is 0. The predicted octanol–water partition coefficient (Wildman–Crippen LogP) is 0.600. The summed E-state index contributed by atoms with van der Waals surface area (Å²) in [6.45, 7) is 5.95. The molecule has 0 saturated heterocycles. The van der Waals surface area contributed by atoms with Crippen molar-refractivity contribution in [3.05, 3.63) is 12.2 Å². The lowest BCUT2D eigenvalue weighted by molar-refractivity contribution is -0.150. The first kappa shape index (κ1) is 15.2. The summed E-state index contributed by atoms with van der Waals surface area (Å²) in [7, 11) is 1.22. The fourth-order valence-electron chi connectivity index (χ4n) is 0.992. The maximum atomic E-state index is 11.1. The van der Waals surface area contributed by atoms with Crippen LogP contribution in [0.2, 0.25) is 0 Å². The number of esters is 3. The normalized spacial score (nSPS) is 11.2. The van der Waals surface area contributed by atoms with E-state index in [9.17, 15) is 14.4 Å². The Kier molecular flexibility index (Phi) is 6.62. The van der Waals surface area contributed by atoms with Crippen LogP contribution in [-0.4, -0.2) is 37.7 Å². The number of rotatable bonds is 6. The Labute approximate surface area is 99.5 Å².